The van der Waals surface area contributed by atoms with Crippen LogP contribution in [0, 0.1) is 0 Å². The van der Waals surface area contributed by atoms with Gasteiger partial charge in [0.2, 0.25) is 0 Å². The molecule has 1 aromatic rings. The number of rotatable bonds is 3. The molecule has 0 saturated carbocycles. The Labute approximate surface area is 101 Å². The van der Waals surface area contributed by atoms with Gasteiger partial charge in [-0.3, -0.25) is 4.79 Å². The van der Waals surface area contributed by atoms with Crippen molar-refractivity contribution in [2.75, 3.05) is 18.6 Å². The van der Waals surface area contributed by atoms with Gasteiger partial charge in [0, 0.05) is 24.0 Å². The molecule has 0 bridgehead atoms. The molecule has 0 saturated heterocycles. The van der Waals surface area contributed by atoms with E-state index in [4.69, 9.17) is 4.74 Å². The van der Waals surface area contributed by atoms with Crippen LogP contribution >= 0.6 is 0 Å². The van der Waals surface area contributed by atoms with Crippen LogP contribution in [0.3, 0.4) is 0 Å². The fraction of sp³-hybridized carbons (Fsp3) is 0.214. The molecule has 3 nitrogen and oxygen atoms in total. The second-order valence-electron chi connectivity index (χ2n) is 3.89. The number of hydrogen-bond donors (Lipinski definition) is 0. The monoisotopic (exact) mass is 229 g/mol. The Kier molecular flexibility index (Phi) is 3.28. The predicted molar refractivity (Wildman–Crippen MR) is 68.2 cm³/mol. The Bertz CT molecular complexity index is 472. The zero-order valence-electron chi connectivity index (χ0n) is 10.0. The Balaban J connectivity index is 2.22. The number of methoxy groups -OCH3 is 1. The lowest BCUT2D eigenvalue weighted by molar-refractivity contribution is -0.113. The molecule has 0 atom stereocenters. The van der Waals surface area contributed by atoms with Gasteiger partial charge in [-0.05, 0) is 31.2 Å². The van der Waals surface area contributed by atoms with Crippen molar-refractivity contribution in [2.24, 2.45) is 0 Å². The Morgan fingerprint density at radius 1 is 1.29 bits per heavy atom. The molecule has 1 aliphatic rings. The molecule has 2 rings (SSSR count). The van der Waals surface area contributed by atoms with Crippen molar-refractivity contribution in [1.82, 2.24) is 0 Å². The Morgan fingerprint density at radius 2 is 2.00 bits per heavy atom. The van der Waals surface area contributed by atoms with E-state index in [1.807, 2.05) is 47.5 Å². The molecule has 1 heterocycles. The summed E-state index contributed by atoms with van der Waals surface area (Å²) in [6.45, 7) is 2.36. The fourth-order valence-electron chi connectivity index (χ4n) is 1.72. The molecule has 0 radical (unpaired) electrons. The van der Waals surface area contributed by atoms with Crippen LogP contribution in [-0.2, 0) is 4.79 Å². The molecule has 0 fully saturated rings. The number of anilines is 1. The van der Waals surface area contributed by atoms with Gasteiger partial charge < -0.3 is 9.64 Å². The fourth-order valence-corrected chi connectivity index (χ4v) is 1.72. The molecule has 0 N–H and O–H groups in total. The van der Waals surface area contributed by atoms with E-state index < -0.39 is 0 Å². The van der Waals surface area contributed by atoms with Crippen LogP contribution < -0.4 is 9.64 Å². The summed E-state index contributed by atoms with van der Waals surface area (Å²) in [4.78, 5) is 13.3. The predicted octanol–water partition coefficient (Wildman–Crippen LogP) is 2.54. The van der Waals surface area contributed by atoms with Gasteiger partial charge in [0.05, 0.1) is 7.11 Å². The number of carbonyl (C=O) groups excluding carboxylic acids is 1. The smallest absolute Gasteiger partial charge is 0.161 e. The first kappa shape index (κ1) is 11.5. The lowest BCUT2D eigenvalue weighted by Gasteiger charge is -2.22. The number of ketones is 1. The van der Waals surface area contributed by atoms with Crippen molar-refractivity contribution < 1.29 is 9.53 Å². The molecule has 0 unspecified atom stereocenters. The highest BCUT2D eigenvalue weighted by molar-refractivity contribution is 5.96. The highest BCUT2D eigenvalue weighted by Crippen LogP contribution is 2.22. The van der Waals surface area contributed by atoms with Gasteiger partial charge in [0.25, 0.3) is 0 Å². The number of benzene rings is 1. The largest absolute Gasteiger partial charge is 0.497 e. The van der Waals surface area contributed by atoms with Crippen molar-refractivity contribution in [2.45, 2.75) is 6.92 Å². The Hall–Kier alpha value is -2.03. The van der Waals surface area contributed by atoms with E-state index in [1.165, 1.54) is 0 Å². The van der Waals surface area contributed by atoms with Gasteiger partial charge in [-0.2, -0.15) is 0 Å². The number of hydrogen-bond acceptors (Lipinski definition) is 3. The van der Waals surface area contributed by atoms with Gasteiger partial charge in [0.1, 0.15) is 5.75 Å². The number of allylic oxidation sites excluding steroid dienone is 2. The molecule has 0 spiro atoms. The summed E-state index contributed by atoms with van der Waals surface area (Å²) >= 11 is 0. The normalized spacial score (nSPS) is 14.5. The van der Waals surface area contributed by atoms with Crippen LogP contribution in [0.2, 0.25) is 0 Å². The third-order valence-electron chi connectivity index (χ3n) is 2.71. The van der Waals surface area contributed by atoms with E-state index in [2.05, 4.69) is 0 Å². The summed E-state index contributed by atoms with van der Waals surface area (Å²) in [5.41, 5.74) is 1.78. The van der Waals surface area contributed by atoms with Crippen molar-refractivity contribution in [3.05, 3.63) is 48.2 Å². The van der Waals surface area contributed by atoms with Crippen LogP contribution in [0.5, 0.6) is 5.75 Å². The van der Waals surface area contributed by atoms with Crippen molar-refractivity contribution in [3.63, 3.8) is 0 Å². The first-order valence-electron chi connectivity index (χ1n) is 5.50. The third kappa shape index (κ3) is 2.56. The van der Waals surface area contributed by atoms with Gasteiger partial charge in [0.15, 0.2) is 5.78 Å². The van der Waals surface area contributed by atoms with Crippen molar-refractivity contribution >= 4 is 11.5 Å². The van der Waals surface area contributed by atoms with Gasteiger partial charge in [-0.15, -0.1) is 0 Å². The summed E-state index contributed by atoms with van der Waals surface area (Å²) in [5.74, 6) is 0.913. The maximum absolute atomic E-state index is 11.3. The second-order valence-corrected chi connectivity index (χ2v) is 3.89. The maximum atomic E-state index is 11.3. The average molecular weight is 229 g/mol. The standard InChI is InChI=1S/C14H15NO2/c1-11(16)12-4-3-9-15(10-12)13-5-7-14(17-2)8-6-13/h3-8,10H,9H2,1-2H3. The van der Waals surface area contributed by atoms with Crippen LogP contribution in [0.1, 0.15) is 6.92 Å². The molecule has 1 aliphatic heterocycles. The molecule has 17 heavy (non-hydrogen) atoms. The van der Waals surface area contributed by atoms with E-state index >= 15 is 0 Å². The third-order valence-corrected chi connectivity index (χ3v) is 2.71. The molecule has 88 valence electrons. The Morgan fingerprint density at radius 3 is 2.59 bits per heavy atom. The molecule has 0 aliphatic carbocycles. The van der Waals surface area contributed by atoms with E-state index in [-0.39, 0.29) is 5.78 Å². The van der Waals surface area contributed by atoms with Crippen LogP contribution in [-0.4, -0.2) is 19.4 Å². The zero-order valence-corrected chi connectivity index (χ0v) is 10.0. The average Bonchev–Trinajstić information content (AvgIpc) is 2.39. The maximum Gasteiger partial charge on any atom is 0.161 e. The minimum atomic E-state index is 0.0828. The van der Waals surface area contributed by atoms with Gasteiger partial charge in [-0.25, -0.2) is 0 Å². The zero-order chi connectivity index (χ0) is 12.3. The summed E-state index contributed by atoms with van der Waals surface area (Å²) in [5, 5.41) is 0. The molecular weight excluding hydrogens is 214 g/mol. The minimum Gasteiger partial charge on any atom is -0.497 e. The van der Waals surface area contributed by atoms with Crippen LogP contribution in [0.4, 0.5) is 5.69 Å². The molecule has 0 amide bonds. The molecule has 0 aromatic heterocycles. The molecule has 1 aromatic carbocycles. The van der Waals surface area contributed by atoms with Crippen LogP contribution in [0.15, 0.2) is 48.2 Å². The van der Waals surface area contributed by atoms with Crippen molar-refractivity contribution in [3.8, 4) is 5.75 Å². The van der Waals surface area contributed by atoms with E-state index in [0.717, 1.165) is 23.6 Å². The summed E-state index contributed by atoms with van der Waals surface area (Å²) < 4.78 is 5.11. The second kappa shape index (κ2) is 4.87. The summed E-state index contributed by atoms with van der Waals surface area (Å²) in [6, 6.07) is 7.78. The lowest BCUT2D eigenvalue weighted by atomic mass is 10.1. The quantitative estimate of drug-likeness (QED) is 0.797. The number of carbonyl (C=O) groups is 1. The van der Waals surface area contributed by atoms with Crippen LogP contribution in [0.25, 0.3) is 0 Å². The van der Waals surface area contributed by atoms with Gasteiger partial charge >= 0.3 is 0 Å². The molecule has 3 heteroatoms. The van der Waals surface area contributed by atoms with Gasteiger partial charge in [-0.1, -0.05) is 12.2 Å². The first-order valence-corrected chi connectivity index (χ1v) is 5.50. The van der Waals surface area contributed by atoms with Crippen molar-refractivity contribution in [1.29, 1.82) is 0 Å². The molecular formula is C14H15NO2. The highest BCUT2D eigenvalue weighted by Gasteiger charge is 2.10. The number of ether oxygens (including phenoxy) is 1. The first-order chi connectivity index (χ1) is 8.20. The number of Topliss-reactive ketones (excluding diaryl/α,β-unsaturated/α-hetero) is 1. The highest BCUT2D eigenvalue weighted by atomic mass is 16.5. The summed E-state index contributed by atoms with van der Waals surface area (Å²) in [7, 11) is 1.65. The van der Waals surface area contributed by atoms with E-state index in [1.54, 1.807) is 14.0 Å². The lowest BCUT2D eigenvalue weighted by Crippen LogP contribution is -2.20. The number of nitrogens with zero attached hydrogens (tertiary/aromatic N) is 1. The topological polar surface area (TPSA) is 29.5 Å². The SMILES string of the molecule is COc1ccc(N2C=C(C(C)=O)C=CC2)cc1. The van der Waals surface area contributed by atoms with E-state index in [0.29, 0.717) is 0 Å². The summed E-state index contributed by atoms with van der Waals surface area (Å²) in [6.07, 6.45) is 5.73. The van der Waals surface area contributed by atoms with E-state index in [9.17, 15) is 4.79 Å². The minimum absolute atomic E-state index is 0.0828.